The molecule has 0 spiro atoms. The number of carbonyl (C=O) groups is 1. The van der Waals surface area contributed by atoms with Gasteiger partial charge in [0.15, 0.2) is 11.5 Å². The normalized spacial score (nSPS) is 20.6. The van der Waals surface area contributed by atoms with Crippen LogP contribution in [0.25, 0.3) is 0 Å². The Labute approximate surface area is 125 Å². The van der Waals surface area contributed by atoms with Gasteiger partial charge in [-0.25, -0.2) is 0 Å². The lowest BCUT2D eigenvalue weighted by Gasteiger charge is -2.30. The summed E-state index contributed by atoms with van der Waals surface area (Å²) in [5.74, 6) is 1.54. The quantitative estimate of drug-likeness (QED) is 0.819. The van der Waals surface area contributed by atoms with Gasteiger partial charge in [0.2, 0.25) is 0 Å². The monoisotopic (exact) mass is 290 g/mol. The van der Waals surface area contributed by atoms with Gasteiger partial charge in [-0.05, 0) is 30.9 Å². The molecule has 1 amide bonds. The van der Waals surface area contributed by atoms with Gasteiger partial charge in [-0.15, -0.1) is 10.2 Å². The Morgan fingerprint density at radius 2 is 1.86 bits per heavy atom. The summed E-state index contributed by atoms with van der Waals surface area (Å²) in [6.45, 7) is 6.97. The van der Waals surface area contributed by atoms with E-state index in [-0.39, 0.29) is 5.91 Å². The molecule has 114 valence electrons. The van der Waals surface area contributed by atoms with Crippen molar-refractivity contribution in [2.24, 2.45) is 5.92 Å². The van der Waals surface area contributed by atoms with Crippen LogP contribution >= 0.6 is 0 Å². The molecule has 2 aliphatic rings. The predicted octanol–water partition coefficient (Wildman–Crippen LogP) is 1.19. The molecule has 0 saturated carbocycles. The predicted molar refractivity (Wildman–Crippen MR) is 79.4 cm³/mol. The highest BCUT2D eigenvalue weighted by Crippen LogP contribution is 2.18. The van der Waals surface area contributed by atoms with E-state index in [1.807, 2.05) is 11.0 Å². The summed E-state index contributed by atoms with van der Waals surface area (Å²) in [6, 6.07) is 3.68. The maximum atomic E-state index is 12.4. The second-order valence-corrected chi connectivity index (χ2v) is 5.85. The fraction of sp³-hybridized carbons (Fsp3) is 0.667. The van der Waals surface area contributed by atoms with Crippen molar-refractivity contribution in [1.29, 1.82) is 0 Å². The SMILES string of the molecule is CC1CCN(C(=O)c2ccc(N3CCOCC3)nn2)CC1. The molecule has 2 fully saturated rings. The van der Waals surface area contributed by atoms with Gasteiger partial charge in [-0.3, -0.25) is 4.79 Å². The molecule has 21 heavy (non-hydrogen) atoms. The Morgan fingerprint density at radius 1 is 1.14 bits per heavy atom. The lowest BCUT2D eigenvalue weighted by molar-refractivity contribution is 0.0690. The fourth-order valence-electron chi connectivity index (χ4n) is 2.77. The molecule has 6 heteroatoms. The van der Waals surface area contributed by atoms with Crippen LogP contribution in [0.15, 0.2) is 12.1 Å². The van der Waals surface area contributed by atoms with E-state index in [0.717, 1.165) is 44.8 Å². The summed E-state index contributed by atoms with van der Waals surface area (Å²) in [6.07, 6.45) is 2.15. The van der Waals surface area contributed by atoms with Gasteiger partial charge in [0.1, 0.15) is 0 Å². The van der Waals surface area contributed by atoms with Crippen LogP contribution in [-0.4, -0.2) is 60.4 Å². The highest BCUT2D eigenvalue weighted by molar-refractivity contribution is 5.92. The third-order valence-corrected chi connectivity index (χ3v) is 4.28. The Morgan fingerprint density at radius 3 is 2.48 bits per heavy atom. The summed E-state index contributed by atoms with van der Waals surface area (Å²) in [5.41, 5.74) is 0.446. The largest absolute Gasteiger partial charge is 0.378 e. The van der Waals surface area contributed by atoms with Crippen molar-refractivity contribution in [1.82, 2.24) is 15.1 Å². The van der Waals surface area contributed by atoms with Crippen molar-refractivity contribution in [2.75, 3.05) is 44.3 Å². The number of carbonyl (C=O) groups excluding carboxylic acids is 1. The number of rotatable bonds is 2. The van der Waals surface area contributed by atoms with Crippen LogP contribution in [0.4, 0.5) is 5.82 Å². The van der Waals surface area contributed by atoms with Gasteiger partial charge in [-0.1, -0.05) is 6.92 Å². The van der Waals surface area contributed by atoms with Crippen LogP contribution in [0.5, 0.6) is 0 Å². The molecule has 1 aromatic heterocycles. The molecule has 2 saturated heterocycles. The number of piperidine rings is 1. The zero-order chi connectivity index (χ0) is 14.7. The van der Waals surface area contributed by atoms with Gasteiger partial charge < -0.3 is 14.5 Å². The van der Waals surface area contributed by atoms with Crippen LogP contribution in [0.2, 0.25) is 0 Å². The third-order valence-electron chi connectivity index (χ3n) is 4.28. The number of amides is 1. The van der Waals surface area contributed by atoms with E-state index in [0.29, 0.717) is 24.8 Å². The third kappa shape index (κ3) is 3.32. The fourth-order valence-corrected chi connectivity index (χ4v) is 2.77. The molecule has 6 nitrogen and oxygen atoms in total. The number of morpholine rings is 1. The summed E-state index contributed by atoms with van der Waals surface area (Å²) in [5, 5.41) is 8.33. The summed E-state index contributed by atoms with van der Waals surface area (Å²) in [7, 11) is 0. The summed E-state index contributed by atoms with van der Waals surface area (Å²) >= 11 is 0. The van der Waals surface area contributed by atoms with Crippen LogP contribution in [0.1, 0.15) is 30.3 Å². The van der Waals surface area contributed by atoms with Crippen molar-refractivity contribution in [3.8, 4) is 0 Å². The van der Waals surface area contributed by atoms with Gasteiger partial charge >= 0.3 is 0 Å². The van der Waals surface area contributed by atoms with E-state index in [1.54, 1.807) is 6.07 Å². The molecular weight excluding hydrogens is 268 g/mol. The first-order valence-electron chi connectivity index (χ1n) is 7.70. The Kier molecular flexibility index (Phi) is 4.34. The smallest absolute Gasteiger partial charge is 0.274 e. The van der Waals surface area contributed by atoms with Gasteiger partial charge in [0.25, 0.3) is 5.91 Å². The van der Waals surface area contributed by atoms with E-state index in [4.69, 9.17) is 4.74 Å². The minimum absolute atomic E-state index is 0.00271. The van der Waals surface area contributed by atoms with E-state index in [9.17, 15) is 4.79 Å². The Balaban J connectivity index is 1.64. The van der Waals surface area contributed by atoms with Gasteiger partial charge in [0, 0.05) is 26.2 Å². The van der Waals surface area contributed by atoms with Crippen LogP contribution in [0.3, 0.4) is 0 Å². The number of aromatic nitrogens is 2. The first-order chi connectivity index (χ1) is 10.2. The minimum Gasteiger partial charge on any atom is -0.378 e. The van der Waals surface area contributed by atoms with Crippen LogP contribution in [0, 0.1) is 5.92 Å². The molecular formula is C15H22N4O2. The highest BCUT2D eigenvalue weighted by atomic mass is 16.5. The van der Waals surface area contributed by atoms with E-state index in [2.05, 4.69) is 22.0 Å². The molecule has 0 radical (unpaired) electrons. The number of hydrogen-bond donors (Lipinski definition) is 0. The van der Waals surface area contributed by atoms with Crippen molar-refractivity contribution in [2.45, 2.75) is 19.8 Å². The molecule has 3 rings (SSSR count). The summed E-state index contributed by atoms with van der Waals surface area (Å²) < 4.78 is 5.32. The average Bonchev–Trinajstić information content (AvgIpc) is 2.56. The number of likely N-dealkylation sites (tertiary alicyclic amines) is 1. The van der Waals surface area contributed by atoms with Crippen LogP contribution < -0.4 is 4.90 Å². The maximum Gasteiger partial charge on any atom is 0.274 e. The second-order valence-electron chi connectivity index (χ2n) is 5.85. The molecule has 0 N–H and O–H groups in total. The topological polar surface area (TPSA) is 58.6 Å². The van der Waals surface area contributed by atoms with Crippen molar-refractivity contribution in [3.05, 3.63) is 17.8 Å². The minimum atomic E-state index is 0.00271. The highest BCUT2D eigenvalue weighted by Gasteiger charge is 2.23. The molecule has 0 bridgehead atoms. The molecule has 1 aromatic rings. The lowest BCUT2D eigenvalue weighted by Crippen LogP contribution is -2.39. The Bertz CT molecular complexity index is 477. The van der Waals surface area contributed by atoms with Crippen LogP contribution in [-0.2, 0) is 4.74 Å². The number of ether oxygens (including phenoxy) is 1. The number of nitrogens with zero attached hydrogens (tertiary/aromatic N) is 4. The molecule has 2 aliphatic heterocycles. The van der Waals surface area contributed by atoms with Crippen molar-refractivity contribution in [3.63, 3.8) is 0 Å². The molecule has 0 aliphatic carbocycles. The van der Waals surface area contributed by atoms with E-state index < -0.39 is 0 Å². The lowest BCUT2D eigenvalue weighted by atomic mass is 9.99. The van der Waals surface area contributed by atoms with E-state index in [1.165, 1.54) is 0 Å². The zero-order valence-corrected chi connectivity index (χ0v) is 12.5. The zero-order valence-electron chi connectivity index (χ0n) is 12.5. The van der Waals surface area contributed by atoms with E-state index >= 15 is 0 Å². The van der Waals surface area contributed by atoms with Crippen molar-refractivity contribution >= 4 is 11.7 Å². The first-order valence-corrected chi connectivity index (χ1v) is 7.70. The molecule has 0 atom stereocenters. The Hall–Kier alpha value is -1.69. The molecule has 0 aromatic carbocycles. The standard InChI is InChI=1S/C15H22N4O2/c1-12-4-6-19(7-5-12)15(20)13-2-3-14(17-16-13)18-8-10-21-11-9-18/h2-3,12H,4-11H2,1H3. The number of hydrogen-bond acceptors (Lipinski definition) is 5. The first kappa shape index (κ1) is 14.3. The molecule has 3 heterocycles. The van der Waals surface area contributed by atoms with Gasteiger partial charge in [-0.2, -0.15) is 0 Å². The average molecular weight is 290 g/mol. The molecule has 0 unspecified atom stereocenters. The van der Waals surface area contributed by atoms with Gasteiger partial charge in [0.05, 0.1) is 13.2 Å². The maximum absolute atomic E-state index is 12.4. The number of anilines is 1. The summed E-state index contributed by atoms with van der Waals surface area (Å²) in [4.78, 5) is 16.4. The van der Waals surface area contributed by atoms with Crippen molar-refractivity contribution < 1.29 is 9.53 Å². The second kappa shape index (κ2) is 6.39.